The maximum atomic E-state index is 12.9. The van der Waals surface area contributed by atoms with Gasteiger partial charge in [-0.05, 0) is 45.4 Å². The van der Waals surface area contributed by atoms with Crippen LogP contribution < -0.4 is 5.73 Å². The first kappa shape index (κ1) is 17.3. The third kappa shape index (κ3) is 4.00. The smallest absolute Gasteiger partial charge is 0.227 e. The Morgan fingerprint density at radius 2 is 1.95 bits per heavy atom. The van der Waals surface area contributed by atoms with E-state index < -0.39 is 0 Å². The second-order valence-electron chi connectivity index (χ2n) is 6.88. The van der Waals surface area contributed by atoms with Crippen molar-refractivity contribution in [1.82, 2.24) is 9.80 Å². The van der Waals surface area contributed by atoms with Gasteiger partial charge in [0.25, 0.3) is 0 Å². The van der Waals surface area contributed by atoms with Crippen molar-refractivity contribution in [3.05, 3.63) is 0 Å². The fourth-order valence-electron chi connectivity index (χ4n) is 3.79. The van der Waals surface area contributed by atoms with E-state index in [1.807, 2.05) is 23.6 Å². The maximum Gasteiger partial charge on any atom is 0.227 e. The SMILES string of the molecule is CCCC(=O)N1CCCC(C(=O)N2CCCCC2C(C)N)C1. The Bertz CT molecular complexity index is 397. The first-order valence-electron chi connectivity index (χ1n) is 8.88. The van der Waals surface area contributed by atoms with Crippen molar-refractivity contribution < 1.29 is 9.59 Å². The molecule has 0 aliphatic carbocycles. The molecule has 2 heterocycles. The summed E-state index contributed by atoms with van der Waals surface area (Å²) < 4.78 is 0. The summed E-state index contributed by atoms with van der Waals surface area (Å²) >= 11 is 0. The minimum absolute atomic E-state index is 0.0191. The van der Waals surface area contributed by atoms with E-state index >= 15 is 0 Å². The average Bonchev–Trinajstić information content (AvgIpc) is 2.54. The normalized spacial score (nSPS) is 27.6. The number of nitrogens with zero attached hydrogens (tertiary/aromatic N) is 2. The van der Waals surface area contributed by atoms with Gasteiger partial charge < -0.3 is 15.5 Å². The van der Waals surface area contributed by atoms with Gasteiger partial charge in [0.05, 0.1) is 5.92 Å². The lowest BCUT2D eigenvalue weighted by molar-refractivity contribution is -0.144. The molecule has 0 aromatic heterocycles. The van der Waals surface area contributed by atoms with Crippen LogP contribution in [0.2, 0.25) is 0 Å². The number of carbonyl (C=O) groups is 2. The first-order chi connectivity index (χ1) is 10.5. The van der Waals surface area contributed by atoms with Gasteiger partial charge in [-0.3, -0.25) is 9.59 Å². The Hall–Kier alpha value is -1.10. The van der Waals surface area contributed by atoms with Crippen LogP contribution in [0.15, 0.2) is 0 Å². The van der Waals surface area contributed by atoms with Crippen LogP contribution in [-0.2, 0) is 9.59 Å². The fraction of sp³-hybridized carbons (Fsp3) is 0.882. The lowest BCUT2D eigenvalue weighted by Gasteiger charge is -2.42. The highest BCUT2D eigenvalue weighted by Gasteiger charge is 2.35. The van der Waals surface area contributed by atoms with Crippen LogP contribution in [0.4, 0.5) is 0 Å². The summed E-state index contributed by atoms with van der Waals surface area (Å²) in [7, 11) is 0. The van der Waals surface area contributed by atoms with Crippen molar-refractivity contribution >= 4 is 11.8 Å². The van der Waals surface area contributed by atoms with Crippen molar-refractivity contribution in [3.8, 4) is 0 Å². The van der Waals surface area contributed by atoms with Crippen molar-refractivity contribution in [2.45, 2.75) is 70.9 Å². The molecule has 5 heteroatoms. The molecular formula is C17H31N3O2. The molecule has 0 spiro atoms. The molecule has 2 saturated heterocycles. The molecule has 2 fully saturated rings. The summed E-state index contributed by atoms with van der Waals surface area (Å²) in [6, 6.07) is 0.189. The van der Waals surface area contributed by atoms with Crippen molar-refractivity contribution in [3.63, 3.8) is 0 Å². The van der Waals surface area contributed by atoms with Gasteiger partial charge in [-0.15, -0.1) is 0 Å². The Morgan fingerprint density at radius 3 is 2.64 bits per heavy atom. The minimum atomic E-state index is -0.0334. The summed E-state index contributed by atoms with van der Waals surface area (Å²) in [4.78, 5) is 28.9. The van der Waals surface area contributed by atoms with Crippen LogP contribution >= 0.6 is 0 Å². The van der Waals surface area contributed by atoms with Gasteiger partial charge in [0.15, 0.2) is 0 Å². The van der Waals surface area contributed by atoms with E-state index in [1.54, 1.807) is 0 Å². The van der Waals surface area contributed by atoms with Crippen molar-refractivity contribution in [2.75, 3.05) is 19.6 Å². The molecule has 3 unspecified atom stereocenters. The van der Waals surface area contributed by atoms with E-state index in [9.17, 15) is 9.59 Å². The van der Waals surface area contributed by atoms with Gasteiger partial charge in [0.1, 0.15) is 0 Å². The summed E-state index contributed by atoms with van der Waals surface area (Å²) in [5.74, 6) is 0.382. The number of carbonyl (C=O) groups excluding carboxylic acids is 2. The number of amides is 2. The third-order valence-corrected chi connectivity index (χ3v) is 5.03. The summed E-state index contributed by atoms with van der Waals surface area (Å²) in [6.45, 7) is 6.24. The highest BCUT2D eigenvalue weighted by molar-refractivity contribution is 5.81. The fourth-order valence-corrected chi connectivity index (χ4v) is 3.79. The van der Waals surface area contributed by atoms with Gasteiger partial charge in [0.2, 0.25) is 11.8 Å². The predicted octanol–water partition coefficient (Wildman–Crippen LogP) is 1.75. The molecular weight excluding hydrogens is 278 g/mol. The summed E-state index contributed by atoms with van der Waals surface area (Å²) in [5, 5.41) is 0. The Kier molecular flexibility index (Phi) is 6.24. The molecule has 2 rings (SSSR count). The Morgan fingerprint density at radius 1 is 1.18 bits per heavy atom. The standard InChI is InChI=1S/C17H31N3O2/c1-3-7-16(21)19-10-6-8-14(12-19)17(22)20-11-5-4-9-15(20)13(2)18/h13-15H,3-12,18H2,1-2H3. The monoisotopic (exact) mass is 309 g/mol. The van der Waals surface area contributed by atoms with Gasteiger partial charge in [-0.2, -0.15) is 0 Å². The van der Waals surface area contributed by atoms with Gasteiger partial charge >= 0.3 is 0 Å². The van der Waals surface area contributed by atoms with Gasteiger partial charge in [0, 0.05) is 38.1 Å². The molecule has 3 atom stereocenters. The number of hydrogen-bond acceptors (Lipinski definition) is 3. The van der Waals surface area contributed by atoms with E-state index in [0.29, 0.717) is 13.0 Å². The molecule has 126 valence electrons. The van der Waals surface area contributed by atoms with Gasteiger partial charge in [-0.1, -0.05) is 6.92 Å². The van der Waals surface area contributed by atoms with E-state index in [0.717, 1.165) is 51.6 Å². The second kappa shape index (κ2) is 7.95. The molecule has 2 aliphatic rings. The zero-order valence-corrected chi connectivity index (χ0v) is 14.1. The second-order valence-corrected chi connectivity index (χ2v) is 6.88. The molecule has 0 radical (unpaired) electrons. The van der Waals surface area contributed by atoms with E-state index in [-0.39, 0.29) is 29.8 Å². The highest BCUT2D eigenvalue weighted by Crippen LogP contribution is 2.25. The van der Waals surface area contributed by atoms with Crippen LogP contribution in [0.1, 0.15) is 58.8 Å². The number of nitrogens with two attached hydrogens (primary N) is 1. The van der Waals surface area contributed by atoms with Crippen molar-refractivity contribution in [1.29, 1.82) is 0 Å². The third-order valence-electron chi connectivity index (χ3n) is 5.03. The molecule has 0 aromatic rings. The molecule has 2 amide bonds. The minimum Gasteiger partial charge on any atom is -0.342 e. The summed E-state index contributed by atoms with van der Waals surface area (Å²) in [5.41, 5.74) is 6.08. The molecule has 0 bridgehead atoms. The maximum absolute atomic E-state index is 12.9. The largest absolute Gasteiger partial charge is 0.342 e. The predicted molar refractivity (Wildman–Crippen MR) is 87.2 cm³/mol. The zero-order valence-electron chi connectivity index (χ0n) is 14.1. The van der Waals surface area contributed by atoms with Crippen LogP contribution in [0.25, 0.3) is 0 Å². The first-order valence-corrected chi connectivity index (χ1v) is 8.88. The van der Waals surface area contributed by atoms with Crippen LogP contribution in [-0.4, -0.2) is 53.3 Å². The molecule has 5 nitrogen and oxygen atoms in total. The number of hydrogen-bond donors (Lipinski definition) is 1. The van der Waals surface area contributed by atoms with Gasteiger partial charge in [-0.25, -0.2) is 0 Å². The lowest BCUT2D eigenvalue weighted by Crippen LogP contribution is -2.55. The van der Waals surface area contributed by atoms with Crippen LogP contribution in [0.3, 0.4) is 0 Å². The topological polar surface area (TPSA) is 66.6 Å². The molecule has 0 aromatic carbocycles. The number of piperidine rings is 2. The Labute approximate surface area is 134 Å². The quantitative estimate of drug-likeness (QED) is 0.860. The number of likely N-dealkylation sites (tertiary alicyclic amines) is 2. The average molecular weight is 309 g/mol. The molecule has 22 heavy (non-hydrogen) atoms. The molecule has 2 aliphatic heterocycles. The summed E-state index contributed by atoms with van der Waals surface area (Å²) in [6.07, 6.45) is 6.52. The zero-order chi connectivity index (χ0) is 16.1. The van der Waals surface area contributed by atoms with E-state index in [4.69, 9.17) is 5.73 Å². The van der Waals surface area contributed by atoms with Crippen LogP contribution in [0.5, 0.6) is 0 Å². The van der Waals surface area contributed by atoms with Crippen LogP contribution in [0, 0.1) is 5.92 Å². The molecule has 2 N–H and O–H groups in total. The van der Waals surface area contributed by atoms with E-state index in [2.05, 4.69) is 0 Å². The van der Waals surface area contributed by atoms with Crippen molar-refractivity contribution in [2.24, 2.45) is 11.7 Å². The highest BCUT2D eigenvalue weighted by atomic mass is 16.2. The Balaban J connectivity index is 2.00. The molecule has 0 saturated carbocycles. The number of rotatable bonds is 4. The van der Waals surface area contributed by atoms with E-state index in [1.165, 1.54) is 0 Å². The lowest BCUT2D eigenvalue weighted by atomic mass is 9.91.